The van der Waals surface area contributed by atoms with Crippen molar-refractivity contribution in [2.75, 3.05) is 11.5 Å². The van der Waals surface area contributed by atoms with Crippen molar-refractivity contribution in [1.82, 2.24) is 5.32 Å². The van der Waals surface area contributed by atoms with E-state index in [1.54, 1.807) is 0 Å². The minimum absolute atomic E-state index is 0.537. The Morgan fingerprint density at radius 2 is 1.90 bits per heavy atom. The molecule has 1 saturated heterocycles. The van der Waals surface area contributed by atoms with E-state index in [0.29, 0.717) is 6.04 Å². The molecule has 4 heteroatoms. The number of thiophene rings is 1. The highest BCUT2D eigenvalue weighted by Gasteiger charge is 2.17. The lowest BCUT2D eigenvalue weighted by Gasteiger charge is -2.22. The summed E-state index contributed by atoms with van der Waals surface area (Å²) in [7, 11) is -0.567. The van der Waals surface area contributed by atoms with Gasteiger partial charge in [0.05, 0.1) is 0 Å². The largest absolute Gasteiger partial charge is 0.309 e. The van der Waals surface area contributed by atoms with Crippen LogP contribution in [0.25, 0.3) is 11.1 Å². The van der Waals surface area contributed by atoms with E-state index in [0.717, 1.165) is 30.9 Å². The fourth-order valence-corrected chi connectivity index (χ4v) is 4.64. The molecule has 3 rings (SSSR count). The van der Waals surface area contributed by atoms with Crippen LogP contribution >= 0.6 is 11.3 Å². The van der Waals surface area contributed by atoms with Gasteiger partial charge in [-0.1, -0.05) is 30.3 Å². The van der Waals surface area contributed by atoms with E-state index in [4.69, 9.17) is 0 Å². The first-order valence-corrected chi connectivity index (χ1v) is 9.39. The standard InChI is InChI=1S/C16H19NOS2/c18-20-8-6-15(7-9-20)17-11-16-10-14(12-19-16)13-4-2-1-3-5-13/h1-5,10,12,15,17H,6-9,11H2. The normalized spacial score (nSPS) is 22.8. The Balaban J connectivity index is 1.57. The van der Waals surface area contributed by atoms with Gasteiger partial charge in [-0.25, -0.2) is 0 Å². The SMILES string of the molecule is O=S1CCC(NCc2cc(-c3ccccc3)cs2)CC1. The van der Waals surface area contributed by atoms with Crippen LogP contribution in [0.4, 0.5) is 0 Å². The molecule has 1 N–H and O–H groups in total. The van der Waals surface area contributed by atoms with Crippen molar-refractivity contribution in [2.45, 2.75) is 25.4 Å². The third kappa shape index (κ3) is 3.57. The van der Waals surface area contributed by atoms with E-state index >= 15 is 0 Å². The molecule has 0 aliphatic carbocycles. The maximum Gasteiger partial charge on any atom is 0.0302 e. The van der Waals surface area contributed by atoms with Crippen molar-refractivity contribution < 1.29 is 4.21 Å². The van der Waals surface area contributed by atoms with Gasteiger partial charge in [-0.2, -0.15) is 0 Å². The minimum atomic E-state index is -0.567. The van der Waals surface area contributed by atoms with E-state index in [9.17, 15) is 4.21 Å². The van der Waals surface area contributed by atoms with Crippen LogP contribution in [0.3, 0.4) is 0 Å². The van der Waals surface area contributed by atoms with E-state index < -0.39 is 10.8 Å². The second-order valence-corrected chi connectivity index (χ2v) is 7.86. The molecule has 20 heavy (non-hydrogen) atoms. The molecule has 2 nitrogen and oxygen atoms in total. The summed E-state index contributed by atoms with van der Waals surface area (Å²) >= 11 is 1.81. The number of benzene rings is 1. The van der Waals surface area contributed by atoms with Crippen LogP contribution in [0.15, 0.2) is 41.8 Å². The molecule has 0 radical (unpaired) electrons. The summed E-state index contributed by atoms with van der Waals surface area (Å²) in [5.74, 6) is 1.72. The average Bonchev–Trinajstić information content (AvgIpc) is 2.97. The number of rotatable bonds is 4. The van der Waals surface area contributed by atoms with E-state index in [-0.39, 0.29) is 0 Å². The van der Waals surface area contributed by atoms with Gasteiger partial charge in [0, 0.05) is 39.8 Å². The molecule has 2 heterocycles. The summed E-state index contributed by atoms with van der Waals surface area (Å²) in [5.41, 5.74) is 2.58. The summed E-state index contributed by atoms with van der Waals surface area (Å²) in [4.78, 5) is 1.37. The van der Waals surface area contributed by atoms with Crippen molar-refractivity contribution in [3.8, 4) is 11.1 Å². The third-order valence-corrected chi connectivity index (χ3v) is 6.03. The maximum absolute atomic E-state index is 11.3. The zero-order valence-corrected chi connectivity index (χ0v) is 13.0. The van der Waals surface area contributed by atoms with Crippen LogP contribution in [0.1, 0.15) is 17.7 Å². The summed E-state index contributed by atoms with van der Waals surface area (Å²) in [6, 6.07) is 13.3. The van der Waals surface area contributed by atoms with Gasteiger partial charge in [-0.15, -0.1) is 11.3 Å². The lowest BCUT2D eigenvalue weighted by molar-refractivity contribution is 0.477. The fourth-order valence-electron chi connectivity index (χ4n) is 2.50. The molecule has 1 aliphatic rings. The first kappa shape index (κ1) is 14.0. The molecule has 0 amide bonds. The van der Waals surface area contributed by atoms with Gasteiger partial charge < -0.3 is 5.32 Å². The van der Waals surface area contributed by atoms with Crippen molar-refractivity contribution in [3.63, 3.8) is 0 Å². The molecule has 1 aromatic carbocycles. The molecule has 1 aliphatic heterocycles. The average molecular weight is 305 g/mol. The molecule has 1 aromatic heterocycles. The zero-order valence-electron chi connectivity index (χ0n) is 11.4. The van der Waals surface area contributed by atoms with Crippen LogP contribution in [0.2, 0.25) is 0 Å². The predicted molar refractivity (Wildman–Crippen MR) is 87.5 cm³/mol. The first-order valence-electron chi connectivity index (χ1n) is 7.02. The monoisotopic (exact) mass is 305 g/mol. The van der Waals surface area contributed by atoms with Crippen molar-refractivity contribution in [3.05, 3.63) is 46.7 Å². The van der Waals surface area contributed by atoms with Crippen LogP contribution in [-0.2, 0) is 17.3 Å². The Bertz CT molecular complexity index is 569. The Kier molecular flexibility index (Phi) is 4.65. The Morgan fingerprint density at radius 1 is 1.15 bits per heavy atom. The molecule has 0 bridgehead atoms. The molecular weight excluding hydrogens is 286 g/mol. The molecule has 0 atom stereocenters. The number of hydrogen-bond donors (Lipinski definition) is 1. The van der Waals surface area contributed by atoms with Gasteiger partial charge >= 0.3 is 0 Å². The Morgan fingerprint density at radius 3 is 2.65 bits per heavy atom. The zero-order chi connectivity index (χ0) is 13.8. The third-order valence-electron chi connectivity index (χ3n) is 3.71. The van der Waals surface area contributed by atoms with E-state index in [1.165, 1.54) is 16.0 Å². The lowest BCUT2D eigenvalue weighted by Crippen LogP contribution is -2.35. The Hall–Kier alpha value is -0.970. The van der Waals surface area contributed by atoms with Gasteiger partial charge in [-0.05, 0) is 35.4 Å². The van der Waals surface area contributed by atoms with Crippen molar-refractivity contribution >= 4 is 22.1 Å². The molecule has 0 spiro atoms. The van der Waals surface area contributed by atoms with Crippen LogP contribution in [0, 0.1) is 0 Å². The topological polar surface area (TPSA) is 29.1 Å². The molecule has 0 saturated carbocycles. The summed E-state index contributed by atoms with van der Waals surface area (Å²) in [6.45, 7) is 0.925. The molecular formula is C16H19NOS2. The van der Waals surface area contributed by atoms with Crippen molar-refractivity contribution in [2.24, 2.45) is 0 Å². The summed E-state index contributed by atoms with van der Waals surface area (Å²) < 4.78 is 11.3. The van der Waals surface area contributed by atoms with Gasteiger partial charge in [-0.3, -0.25) is 4.21 Å². The summed E-state index contributed by atoms with van der Waals surface area (Å²) in [6.07, 6.45) is 2.09. The van der Waals surface area contributed by atoms with Gasteiger partial charge in [0.15, 0.2) is 0 Å². The summed E-state index contributed by atoms with van der Waals surface area (Å²) in [5, 5.41) is 5.82. The lowest BCUT2D eigenvalue weighted by atomic mass is 10.1. The van der Waals surface area contributed by atoms with Crippen LogP contribution in [0.5, 0.6) is 0 Å². The minimum Gasteiger partial charge on any atom is -0.309 e. The van der Waals surface area contributed by atoms with Gasteiger partial charge in [0.1, 0.15) is 0 Å². The quantitative estimate of drug-likeness (QED) is 0.938. The van der Waals surface area contributed by atoms with Crippen LogP contribution < -0.4 is 5.32 Å². The molecule has 0 unspecified atom stereocenters. The van der Waals surface area contributed by atoms with E-state index in [1.807, 2.05) is 17.4 Å². The second-order valence-electron chi connectivity index (χ2n) is 5.17. The van der Waals surface area contributed by atoms with Crippen LogP contribution in [-0.4, -0.2) is 21.8 Å². The van der Waals surface area contributed by atoms with Crippen molar-refractivity contribution in [1.29, 1.82) is 0 Å². The number of nitrogens with one attached hydrogen (secondary N) is 1. The number of hydrogen-bond acceptors (Lipinski definition) is 3. The molecule has 1 fully saturated rings. The molecule has 106 valence electrons. The van der Waals surface area contributed by atoms with Gasteiger partial charge in [0.25, 0.3) is 0 Å². The second kappa shape index (κ2) is 6.66. The smallest absolute Gasteiger partial charge is 0.0302 e. The maximum atomic E-state index is 11.3. The van der Waals surface area contributed by atoms with E-state index in [2.05, 4.69) is 41.0 Å². The Labute approximate surface area is 126 Å². The highest BCUT2D eigenvalue weighted by Crippen LogP contribution is 2.25. The van der Waals surface area contributed by atoms with Gasteiger partial charge in [0.2, 0.25) is 0 Å². The highest BCUT2D eigenvalue weighted by molar-refractivity contribution is 7.85. The highest BCUT2D eigenvalue weighted by atomic mass is 32.2. The predicted octanol–water partition coefficient (Wildman–Crippen LogP) is 3.42. The fraction of sp³-hybridized carbons (Fsp3) is 0.375. The molecule has 2 aromatic rings. The first-order chi connectivity index (χ1) is 9.81.